The standard InChI is InChI=1S/C19H17F3N6O2/c1-28-16(23)14(17(24)29)15(27-28)10-5-7-12(8-6-10)25-18(30)26-13-4-2-3-11(9-13)19(20,21)22/h2-9H,23H2,1H3,(H2,24,29)(H2,25,26,30). The van der Waals surface area contributed by atoms with Crippen molar-refractivity contribution in [2.75, 3.05) is 16.4 Å². The van der Waals surface area contributed by atoms with Crippen LogP contribution in [-0.2, 0) is 13.2 Å². The van der Waals surface area contributed by atoms with Crippen molar-refractivity contribution in [2.45, 2.75) is 6.18 Å². The Morgan fingerprint density at radius 2 is 1.67 bits per heavy atom. The van der Waals surface area contributed by atoms with Crippen molar-refractivity contribution in [2.24, 2.45) is 12.8 Å². The van der Waals surface area contributed by atoms with Gasteiger partial charge in [-0.3, -0.25) is 9.48 Å². The van der Waals surface area contributed by atoms with Crippen molar-refractivity contribution < 1.29 is 22.8 Å². The van der Waals surface area contributed by atoms with Gasteiger partial charge in [-0.25, -0.2) is 4.79 Å². The minimum atomic E-state index is -4.51. The summed E-state index contributed by atoms with van der Waals surface area (Å²) in [6.45, 7) is 0. The number of hydrogen-bond donors (Lipinski definition) is 4. The molecule has 0 radical (unpaired) electrons. The molecule has 3 amide bonds. The van der Waals surface area contributed by atoms with E-state index in [1.54, 1.807) is 19.2 Å². The second-order valence-electron chi connectivity index (χ2n) is 6.33. The number of aryl methyl sites for hydroxylation is 1. The molecule has 6 N–H and O–H groups in total. The first kappa shape index (κ1) is 20.7. The summed E-state index contributed by atoms with van der Waals surface area (Å²) in [4.78, 5) is 23.7. The van der Waals surface area contributed by atoms with Gasteiger partial charge in [0, 0.05) is 24.0 Å². The van der Waals surface area contributed by atoms with Crippen molar-refractivity contribution in [3.63, 3.8) is 0 Å². The van der Waals surface area contributed by atoms with Crippen LogP contribution in [0.2, 0.25) is 0 Å². The lowest BCUT2D eigenvalue weighted by Crippen LogP contribution is -2.19. The van der Waals surface area contributed by atoms with Crippen molar-refractivity contribution >= 4 is 29.1 Å². The number of anilines is 3. The summed E-state index contributed by atoms with van der Waals surface area (Å²) in [6, 6.07) is 9.82. The molecule has 2 aromatic carbocycles. The number of carbonyl (C=O) groups excluding carboxylic acids is 2. The van der Waals surface area contributed by atoms with Gasteiger partial charge in [-0.1, -0.05) is 18.2 Å². The van der Waals surface area contributed by atoms with Crippen LogP contribution in [0.3, 0.4) is 0 Å². The number of alkyl halides is 3. The zero-order valence-corrected chi connectivity index (χ0v) is 15.6. The number of nitrogens with two attached hydrogens (primary N) is 2. The van der Waals surface area contributed by atoms with Crippen LogP contribution in [0.5, 0.6) is 0 Å². The Bertz CT molecular complexity index is 1110. The minimum absolute atomic E-state index is 0.00555. The topological polar surface area (TPSA) is 128 Å². The number of nitrogens with zero attached hydrogens (tertiary/aromatic N) is 2. The predicted molar refractivity (Wildman–Crippen MR) is 106 cm³/mol. The summed E-state index contributed by atoms with van der Waals surface area (Å²) >= 11 is 0. The largest absolute Gasteiger partial charge is 0.416 e. The van der Waals surface area contributed by atoms with Gasteiger partial charge >= 0.3 is 12.2 Å². The highest BCUT2D eigenvalue weighted by Crippen LogP contribution is 2.31. The molecule has 8 nitrogen and oxygen atoms in total. The van der Waals surface area contributed by atoms with Gasteiger partial charge < -0.3 is 22.1 Å². The second kappa shape index (κ2) is 7.78. The van der Waals surface area contributed by atoms with Crippen LogP contribution in [0, 0.1) is 0 Å². The van der Waals surface area contributed by atoms with Crippen LogP contribution in [0.4, 0.5) is 35.2 Å². The Balaban J connectivity index is 1.73. The third-order valence-electron chi connectivity index (χ3n) is 4.20. The van der Waals surface area contributed by atoms with E-state index in [2.05, 4.69) is 15.7 Å². The summed E-state index contributed by atoms with van der Waals surface area (Å²) in [5.41, 5.74) is 11.6. The molecule has 3 rings (SSSR count). The lowest BCUT2D eigenvalue weighted by molar-refractivity contribution is -0.137. The van der Waals surface area contributed by atoms with E-state index < -0.39 is 23.7 Å². The van der Waals surface area contributed by atoms with E-state index in [1.165, 1.54) is 28.9 Å². The fourth-order valence-electron chi connectivity index (χ4n) is 2.76. The number of nitrogen functional groups attached to an aromatic ring is 1. The van der Waals surface area contributed by atoms with E-state index in [0.29, 0.717) is 16.9 Å². The Kier molecular flexibility index (Phi) is 5.37. The average molecular weight is 418 g/mol. The van der Waals surface area contributed by atoms with Crippen molar-refractivity contribution in [3.05, 3.63) is 59.7 Å². The van der Waals surface area contributed by atoms with Gasteiger partial charge in [-0.15, -0.1) is 0 Å². The molecule has 0 aliphatic heterocycles. The quantitative estimate of drug-likeness (QED) is 0.517. The maximum absolute atomic E-state index is 12.8. The first-order valence-corrected chi connectivity index (χ1v) is 8.54. The minimum Gasteiger partial charge on any atom is -0.383 e. The van der Waals surface area contributed by atoms with Gasteiger partial charge in [-0.05, 0) is 30.3 Å². The molecule has 1 heterocycles. The second-order valence-corrected chi connectivity index (χ2v) is 6.33. The highest BCUT2D eigenvalue weighted by atomic mass is 19.4. The van der Waals surface area contributed by atoms with E-state index in [4.69, 9.17) is 11.5 Å². The van der Waals surface area contributed by atoms with Gasteiger partial charge in [0.15, 0.2) is 0 Å². The number of urea groups is 1. The van der Waals surface area contributed by atoms with E-state index in [9.17, 15) is 22.8 Å². The van der Waals surface area contributed by atoms with Gasteiger partial charge in [0.25, 0.3) is 5.91 Å². The molecule has 0 saturated heterocycles. The van der Waals surface area contributed by atoms with Crippen LogP contribution < -0.4 is 22.1 Å². The third-order valence-corrected chi connectivity index (χ3v) is 4.20. The summed E-state index contributed by atoms with van der Waals surface area (Å²) in [6.07, 6.45) is -4.51. The molecule has 0 bridgehead atoms. The number of primary amides is 1. The van der Waals surface area contributed by atoms with Crippen molar-refractivity contribution in [1.29, 1.82) is 0 Å². The zero-order valence-electron chi connectivity index (χ0n) is 15.6. The predicted octanol–water partition coefficient (Wildman–Crippen LogP) is 3.43. The Morgan fingerprint density at radius 1 is 1.03 bits per heavy atom. The number of hydrogen-bond acceptors (Lipinski definition) is 4. The normalized spacial score (nSPS) is 11.2. The highest BCUT2D eigenvalue weighted by molar-refractivity contribution is 6.03. The van der Waals surface area contributed by atoms with E-state index in [1.807, 2.05) is 0 Å². The number of aromatic nitrogens is 2. The Labute approximate surface area is 168 Å². The molecule has 11 heteroatoms. The molecular formula is C19H17F3N6O2. The molecule has 30 heavy (non-hydrogen) atoms. The van der Waals surface area contributed by atoms with Crippen LogP contribution in [0.25, 0.3) is 11.3 Å². The van der Waals surface area contributed by atoms with Gasteiger partial charge in [0.1, 0.15) is 17.1 Å². The zero-order chi connectivity index (χ0) is 22.1. The molecule has 0 aliphatic carbocycles. The number of amides is 3. The molecule has 156 valence electrons. The summed E-state index contributed by atoms with van der Waals surface area (Å²) in [7, 11) is 1.57. The van der Waals surface area contributed by atoms with Gasteiger partial charge in [-0.2, -0.15) is 18.3 Å². The summed E-state index contributed by atoms with van der Waals surface area (Å²) in [5.74, 6) is -0.599. The Hall–Kier alpha value is -4.02. The van der Waals surface area contributed by atoms with E-state index in [-0.39, 0.29) is 17.1 Å². The van der Waals surface area contributed by atoms with Crippen LogP contribution in [0.1, 0.15) is 15.9 Å². The number of rotatable bonds is 4. The molecule has 0 atom stereocenters. The van der Waals surface area contributed by atoms with Gasteiger partial charge in [0.05, 0.1) is 5.56 Å². The maximum Gasteiger partial charge on any atom is 0.416 e. The number of benzene rings is 2. The molecule has 0 fully saturated rings. The first-order chi connectivity index (χ1) is 14.1. The fraction of sp³-hybridized carbons (Fsp3) is 0.105. The lowest BCUT2D eigenvalue weighted by atomic mass is 10.1. The molecule has 3 aromatic rings. The monoisotopic (exact) mass is 418 g/mol. The smallest absolute Gasteiger partial charge is 0.383 e. The fourth-order valence-corrected chi connectivity index (χ4v) is 2.76. The molecule has 0 saturated carbocycles. The average Bonchev–Trinajstić information content (AvgIpc) is 2.97. The number of halogens is 3. The highest BCUT2D eigenvalue weighted by Gasteiger charge is 2.30. The van der Waals surface area contributed by atoms with E-state index in [0.717, 1.165) is 12.1 Å². The molecule has 0 spiro atoms. The SMILES string of the molecule is Cn1nc(-c2ccc(NC(=O)Nc3cccc(C(F)(F)F)c3)cc2)c(C(N)=O)c1N. The molecule has 1 aromatic heterocycles. The van der Waals surface area contributed by atoms with Crippen molar-refractivity contribution in [3.8, 4) is 11.3 Å². The van der Waals surface area contributed by atoms with Crippen LogP contribution in [-0.4, -0.2) is 21.7 Å². The lowest BCUT2D eigenvalue weighted by Gasteiger charge is -2.11. The maximum atomic E-state index is 12.8. The summed E-state index contributed by atoms with van der Waals surface area (Å²) < 4.78 is 39.6. The summed E-state index contributed by atoms with van der Waals surface area (Å²) in [5, 5.41) is 9.02. The number of nitrogens with one attached hydrogen (secondary N) is 2. The van der Waals surface area contributed by atoms with Gasteiger partial charge in [0.2, 0.25) is 0 Å². The molecule has 0 aliphatic rings. The molecular weight excluding hydrogens is 401 g/mol. The number of carbonyl (C=O) groups is 2. The third kappa shape index (κ3) is 4.35. The Morgan fingerprint density at radius 3 is 2.27 bits per heavy atom. The van der Waals surface area contributed by atoms with E-state index >= 15 is 0 Å². The van der Waals surface area contributed by atoms with Crippen LogP contribution >= 0.6 is 0 Å². The van der Waals surface area contributed by atoms with Crippen molar-refractivity contribution in [1.82, 2.24) is 9.78 Å². The first-order valence-electron chi connectivity index (χ1n) is 8.54. The molecule has 0 unspecified atom stereocenters. The van der Waals surface area contributed by atoms with Crippen LogP contribution in [0.15, 0.2) is 48.5 Å².